The Kier molecular flexibility index (Phi) is 5.73. The fourth-order valence-electron chi connectivity index (χ4n) is 1.67. The van der Waals surface area contributed by atoms with E-state index in [9.17, 15) is 14.4 Å². The second-order valence-electron chi connectivity index (χ2n) is 3.92. The van der Waals surface area contributed by atoms with Crippen LogP contribution >= 0.6 is 0 Å². The molecule has 0 saturated heterocycles. The summed E-state index contributed by atoms with van der Waals surface area (Å²) in [5, 5.41) is 0. The van der Waals surface area contributed by atoms with Gasteiger partial charge in [0.05, 0.1) is 14.2 Å². The normalized spacial score (nSPS) is 11.5. The van der Waals surface area contributed by atoms with Crippen molar-refractivity contribution in [3.8, 4) is 0 Å². The highest BCUT2D eigenvalue weighted by atomic mass is 16.5. The van der Waals surface area contributed by atoms with Crippen LogP contribution in [0.4, 0.5) is 0 Å². The Balaban J connectivity index is 2.82. The second-order valence-corrected chi connectivity index (χ2v) is 3.92. The Morgan fingerprint density at radius 2 is 1.68 bits per heavy atom. The molecule has 0 aliphatic heterocycles. The number of Topliss-reactive ketones (excluding diaryl/α,β-unsaturated/α-hetero) is 1. The molecule has 0 aliphatic carbocycles. The van der Waals surface area contributed by atoms with E-state index in [-0.39, 0.29) is 18.6 Å². The molecule has 1 rings (SSSR count). The average molecular weight is 264 g/mol. The highest BCUT2D eigenvalue weighted by Crippen LogP contribution is 2.16. The zero-order valence-corrected chi connectivity index (χ0v) is 10.9. The van der Waals surface area contributed by atoms with Crippen molar-refractivity contribution in [2.24, 2.45) is 5.92 Å². The zero-order chi connectivity index (χ0) is 14.3. The lowest BCUT2D eigenvalue weighted by Gasteiger charge is -2.12. The molecule has 5 nitrogen and oxygen atoms in total. The maximum Gasteiger partial charge on any atom is 0.316 e. The van der Waals surface area contributed by atoms with E-state index in [1.54, 1.807) is 30.3 Å². The highest BCUT2D eigenvalue weighted by Gasteiger charge is 2.29. The summed E-state index contributed by atoms with van der Waals surface area (Å²) in [6.07, 6.45) is 0.0713. The molecule has 1 aromatic rings. The maximum absolute atomic E-state index is 12.2. The Hall–Kier alpha value is -2.17. The van der Waals surface area contributed by atoms with E-state index in [0.29, 0.717) is 5.56 Å². The van der Waals surface area contributed by atoms with Gasteiger partial charge >= 0.3 is 11.9 Å². The van der Waals surface area contributed by atoms with Gasteiger partial charge in [0.1, 0.15) is 5.92 Å². The van der Waals surface area contributed by atoms with Crippen molar-refractivity contribution in [2.75, 3.05) is 14.2 Å². The molecule has 1 unspecified atom stereocenters. The summed E-state index contributed by atoms with van der Waals surface area (Å²) in [6, 6.07) is 8.44. The lowest BCUT2D eigenvalue weighted by Crippen LogP contribution is -2.26. The zero-order valence-electron chi connectivity index (χ0n) is 10.9. The van der Waals surface area contributed by atoms with Gasteiger partial charge in [-0.05, 0) is 6.42 Å². The molecule has 0 saturated carbocycles. The van der Waals surface area contributed by atoms with E-state index in [0.717, 1.165) is 0 Å². The van der Waals surface area contributed by atoms with Crippen molar-refractivity contribution in [2.45, 2.75) is 12.8 Å². The molecule has 0 fully saturated rings. The standard InChI is InChI=1S/C14H16O5/c1-18-12(15)9-8-11(14(17)19-2)13(16)10-6-4-3-5-7-10/h3-7,11H,8-9H2,1-2H3. The third kappa shape index (κ3) is 4.21. The smallest absolute Gasteiger partial charge is 0.316 e. The molecule has 0 amide bonds. The summed E-state index contributed by atoms with van der Waals surface area (Å²) in [5.74, 6) is -2.43. The molecule has 0 aromatic heterocycles. The van der Waals surface area contributed by atoms with E-state index in [4.69, 9.17) is 0 Å². The van der Waals surface area contributed by atoms with Crippen molar-refractivity contribution in [1.29, 1.82) is 0 Å². The van der Waals surface area contributed by atoms with Crippen LogP contribution in [0.2, 0.25) is 0 Å². The Labute approximate surface area is 111 Å². The fraction of sp³-hybridized carbons (Fsp3) is 0.357. The van der Waals surface area contributed by atoms with Crippen LogP contribution in [-0.4, -0.2) is 31.9 Å². The number of benzene rings is 1. The van der Waals surface area contributed by atoms with Crippen molar-refractivity contribution in [3.05, 3.63) is 35.9 Å². The van der Waals surface area contributed by atoms with Gasteiger partial charge < -0.3 is 9.47 Å². The summed E-state index contributed by atoms with van der Waals surface area (Å²) >= 11 is 0. The first-order valence-electron chi connectivity index (χ1n) is 5.84. The van der Waals surface area contributed by atoms with Crippen molar-refractivity contribution in [3.63, 3.8) is 0 Å². The van der Waals surface area contributed by atoms with Crippen LogP contribution in [0.15, 0.2) is 30.3 Å². The summed E-state index contributed by atoms with van der Waals surface area (Å²) in [5.41, 5.74) is 0.419. The van der Waals surface area contributed by atoms with Gasteiger partial charge in [-0.3, -0.25) is 14.4 Å². The first-order valence-corrected chi connectivity index (χ1v) is 5.84. The maximum atomic E-state index is 12.2. The van der Waals surface area contributed by atoms with E-state index in [1.807, 2.05) is 0 Å². The minimum Gasteiger partial charge on any atom is -0.469 e. The topological polar surface area (TPSA) is 69.7 Å². The van der Waals surface area contributed by atoms with Gasteiger partial charge in [-0.2, -0.15) is 0 Å². The first-order chi connectivity index (χ1) is 9.10. The molecule has 0 radical (unpaired) electrons. The first kappa shape index (κ1) is 14.9. The van der Waals surface area contributed by atoms with Gasteiger partial charge in [0, 0.05) is 12.0 Å². The van der Waals surface area contributed by atoms with Crippen molar-refractivity contribution >= 4 is 17.7 Å². The second kappa shape index (κ2) is 7.31. The number of esters is 2. The minimum absolute atomic E-state index is 0.00512. The fourth-order valence-corrected chi connectivity index (χ4v) is 1.67. The Morgan fingerprint density at radius 1 is 1.05 bits per heavy atom. The lowest BCUT2D eigenvalue weighted by molar-refractivity contribution is -0.145. The molecule has 5 heteroatoms. The average Bonchev–Trinajstić information content (AvgIpc) is 2.47. The molecule has 0 aliphatic rings. The number of hydrogen-bond acceptors (Lipinski definition) is 5. The summed E-state index contributed by atoms with van der Waals surface area (Å²) in [7, 11) is 2.47. The van der Waals surface area contributed by atoms with Gasteiger partial charge in [-0.1, -0.05) is 30.3 Å². The molecule has 19 heavy (non-hydrogen) atoms. The summed E-state index contributed by atoms with van der Waals surface area (Å²) in [6.45, 7) is 0. The van der Waals surface area contributed by atoms with Crippen LogP contribution in [-0.2, 0) is 19.1 Å². The number of rotatable bonds is 6. The Bertz CT molecular complexity index is 452. The van der Waals surface area contributed by atoms with Gasteiger partial charge in [0.25, 0.3) is 0 Å². The number of hydrogen-bond donors (Lipinski definition) is 0. The molecule has 0 spiro atoms. The van der Waals surface area contributed by atoms with E-state index >= 15 is 0 Å². The lowest BCUT2D eigenvalue weighted by atomic mass is 9.93. The number of ketones is 1. The van der Waals surface area contributed by atoms with Crippen LogP contribution in [0.3, 0.4) is 0 Å². The molecular weight excluding hydrogens is 248 g/mol. The van der Waals surface area contributed by atoms with Gasteiger partial charge in [-0.25, -0.2) is 0 Å². The highest BCUT2D eigenvalue weighted by molar-refractivity contribution is 6.08. The van der Waals surface area contributed by atoms with Gasteiger partial charge in [-0.15, -0.1) is 0 Å². The third-order valence-electron chi connectivity index (χ3n) is 2.73. The summed E-state index contributed by atoms with van der Waals surface area (Å²) in [4.78, 5) is 34.9. The quantitative estimate of drug-likeness (QED) is 0.443. The van der Waals surface area contributed by atoms with Crippen molar-refractivity contribution in [1.82, 2.24) is 0 Å². The molecule has 0 heterocycles. The van der Waals surface area contributed by atoms with Crippen LogP contribution in [0.1, 0.15) is 23.2 Å². The van der Waals surface area contributed by atoms with E-state index in [2.05, 4.69) is 9.47 Å². The number of carbonyl (C=O) groups is 3. The SMILES string of the molecule is COC(=O)CCC(C(=O)OC)C(=O)c1ccccc1. The van der Waals surface area contributed by atoms with Gasteiger partial charge in [0.15, 0.2) is 5.78 Å². The third-order valence-corrected chi connectivity index (χ3v) is 2.73. The molecule has 102 valence electrons. The van der Waals surface area contributed by atoms with Gasteiger partial charge in [0.2, 0.25) is 0 Å². The monoisotopic (exact) mass is 264 g/mol. The molecule has 0 N–H and O–H groups in total. The van der Waals surface area contributed by atoms with Crippen LogP contribution < -0.4 is 0 Å². The predicted molar refractivity (Wildman–Crippen MR) is 67.5 cm³/mol. The molecular formula is C14H16O5. The number of methoxy groups -OCH3 is 2. The molecule has 1 atom stereocenters. The van der Waals surface area contributed by atoms with Crippen LogP contribution in [0.5, 0.6) is 0 Å². The van der Waals surface area contributed by atoms with Crippen molar-refractivity contribution < 1.29 is 23.9 Å². The minimum atomic E-state index is -0.980. The number of ether oxygens (including phenoxy) is 2. The number of carbonyl (C=O) groups excluding carboxylic acids is 3. The predicted octanol–water partition coefficient (Wildman–Crippen LogP) is 1.61. The molecule has 0 bridgehead atoms. The van der Waals surface area contributed by atoms with E-state index < -0.39 is 17.9 Å². The summed E-state index contributed by atoms with van der Waals surface area (Å²) < 4.78 is 9.11. The van der Waals surface area contributed by atoms with Crippen LogP contribution in [0, 0.1) is 5.92 Å². The van der Waals surface area contributed by atoms with E-state index in [1.165, 1.54) is 14.2 Å². The Morgan fingerprint density at radius 3 is 2.21 bits per heavy atom. The molecule has 1 aromatic carbocycles. The van der Waals surface area contributed by atoms with Crippen LogP contribution in [0.25, 0.3) is 0 Å². The largest absolute Gasteiger partial charge is 0.469 e.